The van der Waals surface area contributed by atoms with Crippen molar-refractivity contribution in [1.29, 1.82) is 0 Å². The lowest BCUT2D eigenvalue weighted by molar-refractivity contribution is -0.121. The molecule has 0 radical (unpaired) electrons. The van der Waals surface area contributed by atoms with Crippen molar-refractivity contribution < 1.29 is 14.3 Å². The summed E-state index contributed by atoms with van der Waals surface area (Å²) in [6.07, 6.45) is 2.64. The van der Waals surface area contributed by atoms with E-state index in [1.807, 2.05) is 56.4 Å². The summed E-state index contributed by atoms with van der Waals surface area (Å²) in [6, 6.07) is 22.0. The molecular weight excluding hydrogens is 452 g/mol. The molecule has 7 nitrogen and oxygen atoms in total. The summed E-state index contributed by atoms with van der Waals surface area (Å²) in [5, 5.41) is 2.98. The van der Waals surface area contributed by atoms with Gasteiger partial charge in [0.2, 0.25) is 5.91 Å². The van der Waals surface area contributed by atoms with E-state index in [-0.39, 0.29) is 18.4 Å². The first-order valence-electron chi connectivity index (χ1n) is 12.3. The number of nitrogens with one attached hydrogen (secondary N) is 1. The number of nitrogens with zero attached hydrogens (tertiary/aromatic N) is 3. The van der Waals surface area contributed by atoms with Gasteiger partial charge in [-0.05, 0) is 61.2 Å². The Morgan fingerprint density at radius 1 is 1.06 bits per heavy atom. The molecule has 0 saturated heterocycles. The lowest BCUT2D eigenvalue weighted by atomic mass is 10.1. The molecule has 184 valence electrons. The molecule has 1 aliphatic heterocycles. The van der Waals surface area contributed by atoms with Crippen molar-refractivity contribution in [3.8, 4) is 5.75 Å². The van der Waals surface area contributed by atoms with E-state index in [2.05, 4.69) is 34.1 Å². The van der Waals surface area contributed by atoms with Gasteiger partial charge in [-0.2, -0.15) is 0 Å². The topological polar surface area (TPSA) is 76.5 Å². The minimum atomic E-state index is -0.0859. The van der Waals surface area contributed by atoms with Gasteiger partial charge in [-0.1, -0.05) is 36.4 Å². The fourth-order valence-electron chi connectivity index (χ4n) is 4.63. The standard InChI is InChI=1S/C29H30N4O3/c1-20-10-14-26-25(17-20)33(29(35)19-36-26)16-6-9-28(34)30-22-12-13-24-23(18-22)31-27(32(24)2)15-11-21-7-4-3-5-8-21/h3-5,7-8,10,12-14,17-18H,6,9,11,15-16,19H2,1-2H3,(H,30,34). The zero-order chi connectivity index (χ0) is 25.1. The molecule has 3 aromatic carbocycles. The van der Waals surface area contributed by atoms with E-state index in [0.717, 1.165) is 46.6 Å². The highest BCUT2D eigenvalue weighted by atomic mass is 16.5. The molecule has 5 rings (SSSR count). The Morgan fingerprint density at radius 3 is 2.72 bits per heavy atom. The number of aromatic nitrogens is 2. The molecular formula is C29H30N4O3. The van der Waals surface area contributed by atoms with Gasteiger partial charge in [0.15, 0.2) is 6.61 Å². The van der Waals surface area contributed by atoms with E-state index in [4.69, 9.17) is 9.72 Å². The van der Waals surface area contributed by atoms with Gasteiger partial charge in [-0.15, -0.1) is 0 Å². The van der Waals surface area contributed by atoms with Crippen molar-refractivity contribution in [1.82, 2.24) is 9.55 Å². The first-order chi connectivity index (χ1) is 17.5. The summed E-state index contributed by atoms with van der Waals surface area (Å²) in [5.74, 6) is 1.55. The maximum atomic E-state index is 12.6. The molecule has 1 aromatic heterocycles. The summed E-state index contributed by atoms with van der Waals surface area (Å²) in [7, 11) is 2.03. The quantitative estimate of drug-likeness (QED) is 0.391. The van der Waals surface area contributed by atoms with Crippen molar-refractivity contribution in [3.05, 3.63) is 83.7 Å². The van der Waals surface area contributed by atoms with Crippen molar-refractivity contribution in [2.45, 2.75) is 32.6 Å². The van der Waals surface area contributed by atoms with Crippen LogP contribution in [-0.4, -0.2) is 34.5 Å². The van der Waals surface area contributed by atoms with Crippen LogP contribution in [0.1, 0.15) is 29.8 Å². The zero-order valence-corrected chi connectivity index (χ0v) is 20.7. The van der Waals surface area contributed by atoms with E-state index in [1.54, 1.807) is 4.90 Å². The first-order valence-corrected chi connectivity index (χ1v) is 12.3. The van der Waals surface area contributed by atoms with Crippen LogP contribution in [0, 0.1) is 6.92 Å². The first kappa shape index (κ1) is 23.6. The summed E-state index contributed by atoms with van der Waals surface area (Å²) in [5.41, 5.74) is 5.75. The molecule has 4 aromatic rings. The Balaban J connectivity index is 1.18. The molecule has 2 amide bonds. The maximum Gasteiger partial charge on any atom is 0.265 e. The number of amides is 2. The molecule has 0 unspecified atom stereocenters. The Kier molecular flexibility index (Phi) is 6.71. The molecule has 1 aliphatic rings. The number of carbonyl (C=O) groups is 2. The Hall–Kier alpha value is -4.13. The Bertz CT molecular complexity index is 1410. The molecule has 0 fully saturated rings. The van der Waals surface area contributed by atoms with Crippen LogP contribution >= 0.6 is 0 Å². The highest BCUT2D eigenvalue weighted by molar-refractivity contribution is 5.98. The van der Waals surface area contributed by atoms with Crippen molar-refractivity contribution in [2.24, 2.45) is 7.05 Å². The number of rotatable bonds is 8. The van der Waals surface area contributed by atoms with Crippen LogP contribution in [0.2, 0.25) is 0 Å². The lowest BCUT2D eigenvalue weighted by Crippen LogP contribution is -2.39. The molecule has 0 bridgehead atoms. The number of hydrogen-bond donors (Lipinski definition) is 1. The van der Waals surface area contributed by atoms with Crippen LogP contribution in [0.4, 0.5) is 11.4 Å². The SMILES string of the molecule is Cc1ccc2c(c1)N(CCCC(=O)Nc1ccc3c(c1)nc(CCc1ccccc1)n3C)C(=O)CO2. The molecule has 0 spiro atoms. The van der Waals surface area contributed by atoms with Crippen LogP contribution in [0.3, 0.4) is 0 Å². The second kappa shape index (κ2) is 10.2. The van der Waals surface area contributed by atoms with Crippen molar-refractivity contribution in [3.63, 3.8) is 0 Å². The summed E-state index contributed by atoms with van der Waals surface area (Å²) >= 11 is 0. The third-order valence-corrected chi connectivity index (χ3v) is 6.58. The monoisotopic (exact) mass is 482 g/mol. The van der Waals surface area contributed by atoms with Gasteiger partial charge in [0.05, 0.1) is 16.7 Å². The van der Waals surface area contributed by atoms with E-state index in [0.29, 0.717) is 25.1 Å². The van der Waals surface area contributed by atoms with Gasteiger partial charge >= 0.3 is 0 Å². The second-order valence-corrected chi connectivity index (χ2v) is 9.23. The van der Waals surface area contributed by atoms with Gasteiger partial charge in [0.25, 0.3) is 5.91 Å². The van der Waals surface area contributed by atoms with Crippen molar-refractivity contribution in [2.75, 3.05) is 23.4 Å². The number of hydrogen-bond acceptors (Lipinski definition) is 4. The minimum Gasteiger partial charge on any atom is -0.482 e. The number of ether oxygens (including phenoxy) is 1. The van der Waals surface area contributed by atoms with E-state index < -0.39 is 0 Å². The average Bonchev–Trinajstić information content (AvgIpc) is 3.19. The van der Waals surface area contributed by atoms with E-state index in [9.17, 15) is 9.59 Å². The number of anilines is 2. The number of fused-ring (bicyclic) bond motifs is 2. The van der Waals surface area contributed by atoms with E-state index >= 15 is 0 Å². The second-order valence-electron chi connectivity index (χ2n) is 9.23. The third-order valence-electron chi connectivity index (χ3n) is 6.58. The largest absolute Gasteiger partial charge is 0.482 e. The number of carbonyl (C=O) groups excluding carboxylic acids is 2. The number of imidazole rings is 1. The Labute approximate surface area is 210 Å². The van der Waals surface area contributed by atoms with Crippen LogP contribution in [0.15, 0.2) is 66.7 Å². The van der Waals surface area contributed by atoms with E-state index in [1.165, 1.54) is 5.56 Å². The molecule has 2 heterocycles. The lowest BCUT2D eigenvalue weighted by Gasteiger charge is -2.29. The van der Waals surface area contributed by atoms with Crippen molar-refractivity contribution >= 4 is 34.2 Å². The van der Waals surface area contributed by atoms with Crippen LogP contribution in [0.25, 0.3) is 11.0 Å². The number of aryl methyl sites for hydroxylation is 4. The predicted molar refractivity (Wildman–Crippen MR) is 141 cm³/mol. The Morgan fingerprint density at radius 2 is 1.89 bits per heavy atom. The molecule has 7 heteroatoms. The molecule has 36 heavy (non-hydrogen) atoms. The maximum absolute atomic E-state index is 12.6. The third kappa shape index (κ3) is 5.10. The number of benzene rings is 3. The average molecular weight is 483 g/mol. The highest BCUT2D eigenvalue weighted by Crippen LogP contribution is 2.33. The smallest absolute Gasteiger partial charge is 0.265 e. The molecule has 0 aliphatic carbocycles. The minimum absolute atomic E-state index is 0.0275. The summed E-state index contributed by atoms with van der Waals surface area (Å²) in [4.78, 5) is 31.6. The van der Waals surface area contributed by atoms with Gasteiger partial charge < -0.3 is 19.5 Å². The predicted octanol–water partition coefficient (Wildman–Crippen LogP) is 4.81. The van der Waals surface area contributed by atoms with Crippen LogP contribution in [0.5, 0.6) is 5.75 Å². The molecule has 0 atom stereocenters. The van der Waals surface area contributed by atoms with Gasteiger partial charge in [0.1, 0.15) is 11.6 Å². The normalized spacial score (nSPS) is 12.9. The summed E-state index contributed by atoms with van der Waals surface area (Å²) < 4.78 is 7.65. The van der Waals surface area contributed by atoms with Crippen LogP contribution in [-0.2, 0) is 29.5 Å². The fourth-order valence-corrected chi connectivity index (χ4v) is 4.63. The summed E-state index contributed by atoms with van der Waals surface area (Å²) in [6.45, 7) is 2.48. The molecule has 0 saturated carbocycles. The van der Waals surface area contributed by atoms with Crippen LogP contribution < -0.4 is 15.0 Å². The van der Waals surface area contributed by atoms with Gasteiger partial charge in [-0.25, -0.2) is 4.98 Å². The van der Waals surface area contributed by atoms with Gasteiger partial charge in [0, 0.05) is 32.1 Å². The fraction of sp³-hybridized carbons (Fsp3) is 0.276. The molecule has 1 N–H and O–H groups in total. The zero-order valence-electron chi connectivity index (χ0n) is 20.7. The highest BCUT2D eigenvalue weighted by Gasteiger charge is 2.25. The van der Waals surface area contributed by atoms with Gasteiger partial charge in [-0.3, -0.25) is 9.59 Å².